The van der Waals surface area contributed by atoms with Crippen molar-refractivity contribution >= 4 is 28.4 Å². The SMILES string of the molecule is O=C(Cc1ccccc1)Nc1cccc(-c2nc3ccc(C(=O)c4ccccc4)cc3[nH]2)c1. The molecule has 0 spiro atoms. The highest BCUT2D eigenvalue weighted by atomic mass is 16.1. The van der Waals surface area contributed by atoms with Crippen LogP contribution in [0.1, 0.15) is 21.5 Å². The Kier molecular flexibility index (Phi) is 5.52. The van der Waals surface area contributed by atoms with Gasteiger partial charge in [-0.05, 0) is 35.9 Å². The number of hydrogen-bond donors (Lipinski definition) is 2. The van der Waals surface area contributed by atoms with Crippen LogP contribution in [0.5, 0.6) is 0 Å². The van der Waals surface area contributed by atoms with Crippen LogP contribution < -0.4 is 5.32 Å². The number of aromatic amines is 1. The van der Waals surface area contributed by atoms with E-state index in [1.165, 1.54) is 0 Å². The van der Waals surface area contributed by atoms with Gasteiger partial charge < -0.3 is 10.3 Å². The standard InChI is InChI=1S/C28H21N3O2/c32-26(16-19-8-3-1-4-9-19)29-23-13-7-12-22(17-23)28-30-24-15-14-21(18-25(24)31-28)27(33)20-10-5-2-6-11-20/h1-15,17-18H,16H2,(H,29,32)(H,30,31). The molecule has 5 heteroatoms. The maximum Gasteiger partial charge on any atom is 0.228 e. The van der Waals surface area contributed by atoms with Gasteiger partial charge in [-0.2, -0.15) is 0 Å². The monoisotopic (exact) mass is 431 g/mol. The first-order chi connectivity index (χ1) is 16.2. The molecule has 2 N–H and O–H groups in total. The lowest BCUT2D eigenvalue weighted by Crippen LogP contribution is -2.14. The number of nitrogens with zero attached hydrogens (tertiary/aromatic N) is 1. The molecule has 1 heterocycles. The fourth-order valence-corrected chi connectivity index (χ4v) is 3.77. The van der Waals surface area contributed by atoms with Gasteiger partial charge in [0.25, 0.3) is 0 Å². The van der Waals surface area contributed by atoms with Crippen LogP contribution in [0.25, 0.3) is 22.4 Å². The molecule has 5 aromatic rings. The fraction of sp³-hybridized carbons (Fsp3) is 0.0357. The highest BCUT2D eigenvalue weighted by Gasteiger charge is 2.12. The number of hydrogen-bond acceptors (Lipinski definition) is 3. The minimum Gasteiger partial charge on any atom is -0.338 e. The molecule has 0 aliphatic rings. The van der Waals surface area contributed by atoms with Crippen LogP contribution >= 0.6 is 0 Å². The first kappa shape index (κ1) is 20.4. The van der Waals surface area contributed by atoms with Crippen molar-refractivity contribution in [3.8, 4) is 11.4 Å². The molecule has 0 atom stereocenters. The third-order valence-corrected chi connectivity index (χ3v) is 5.41. The highest BCUT2D eigenvalue weighted by Crippen LogP contribution is 2.24. The molecule has 0 unspecified atom stereocenters. The lowest BCUT2D eigenvalue weighted by Gasteiger charge is -2.07. The Hall–Kier alpha value is -4.51. The van der Waals surface area contributed by atoms with Crippen molar-refractivity contribution in [3.05, 3.63) is 120 Å². The van der Waals surface area contributed by atoms with Gasteiger partial charge in [0.2, 0.25) is 5.91 Å². The molecule has 5 nitrogen and oxygen atoms in total. The van der Waals surface area contributed by atoms with Crippen LogP contribution in [-0.2, 0) is 11.2 Å². The zero-order valence-electron chi connectivity index (χ0n) is 17.8. The number of aromatic nitrogens is 2. The number of carbonyl (C=O) groups excluding carboxylic acids is 2. The van der Waals surface area contributed by atoms with Crippen molar-refractivity contribution < 1.29 is 9.59 Å². The number of amides is 1. The number of rotatable bonds is 6. The second-order valence-electron chi connectivity index (χ2n) is 7.80. The molecule has 0 saturated heterocycles. The Bertz CT molecular complexity index is 1440. The topological polar surface area (TPSA) is 74.8 Å². The van der Waals surface area contributed by atoms with Gasteiger partial charge in [0.1, 0.15) is 5.82 Å². The molecule has 0 aliphatic heterocycles. The molecule has 160 valence electrons. The number of fused-ring (bicyclic) bond motifs is 1. The predicted molar refractivity (Wildman–Crippen MR) is 130 cm³/mol. The maximum absolute atomic E-state index is 12.8. The predicted octanol–water partition coefficient (Wildman–Crippen LogP) is 5.64. The Morgan fingerprint density at radius 1 is 0.758 bits per heavy atom. The third kappa shape index (κ3) is 4.57. The van der Waals surface area contributed by atoms with Crippen LogP contribution in [-0.4, -0.2) is 21.7 Å². The van der Waals surface area contributed by atoms with E-state index in [4.69, 9.17) is 0 Å². The second-order valence-corrected chi connectivity index (χ2v) is 7.80. The smallest absolute Gasteiger partial charge is 0.228 e. The van der Waals surface area contributed by atoms with Crippen LogP contribution in [0.15, 0.2) is 103 Å². The highest BCUT2D eigenvalue weighted by molar-refractivity contribution is 6.10. The van der Waals surface area contributed by atoms with Crippen LogP contribution in [0.4, 0.5) is 5.69 Å². The molecular weight excluding hydrogens is 410 g/mol. The molecule has 0 aliphatic carbocycles. The quantitative estimate of drug-likeness (QED) is 0.342. The van der Waals surface area contributed by atoms with E-state index in [2.05, 4.69) is 15.3 Å². The van der Waals surface area contributed by atoms with Gasteiger partial charge in [-0.25, -0.2) is 4.98 Å². The maximum atomic E-state index is 12.8. The summed E-state index contributed by atoms with van der Waals surface area (Å²) in [5, 5.41) is 2.95. The summed E-state index contributed by atoms with van der Waals surface area (Å²) in [5.41, 5.74) is 5.32. The summed E-state index contributed by atoms with van der Waals surface area (Å²) < 4.78 is 0. The molecule has 4 aromatic carbocycles. The van der Waals surface area contributed by atoms with E-state index in [-0.39, 0.29) is 11.7 Å². The van der Waals surface area contributed by atoms with E-state index in [0.717, 1.165) is 22.2 Å². The van der Waals surface area contributed by atoms with E-state index in [1.807, 2.05) is 97.1 Å². The number of carbonyl (C=O) groups is 2. The Labute approximate surface area is 191 Å². The normalized spacial score (nSPS) is 10.8. The summed E-state index contributed by atoms with van der Waals surface area (Å²) >= 11 is 0. The molecule has 0 radical (unpaired) electrons. The molecule has 0 bridgehead atoms. The summed E-state index contributed by atoms with van der Waals surface area (Å²) in [6.45, 7) is 0. The van der Waals surface area contributed by atoms with E-state index in [0.29, 0.717) is 29.1 Å². The number of H-pyrrole nitrogens is 1. The van der Waals surface area contributed by atoms with E-state index >= 15 is 0 Å². The van der Waals surface area contributed by atoms with Gasteiger partial charge in [0.15, 0.2) is 5.78 Å². The van der Waals surface area contributed by atoms with Crippen molar-refractivity contribution in [2.75, 3.05) is 5.32 Å². The molecule has 1 aromatic heterocycles. The zero-order valence-corrected chi connectivity index (χ0v) is 17.8. The Balaban J connectivity index is 1.37. The largest absolute Gasteiger partial charge is 0.338 e. The van der Waals surface area contributed by atoms with Gasteiger partial charge >= 0.3 is 0 Å². The van der Waals surface area contributed by atoms with Crippen molar-refractivity contribution in [1.82, 2.24) is 9.97 Å². The second kappa shape index (κ2) is 8.93. The van der Waals surface area contributed by atoms with Gasteiger partial charge in [-0.1, -0.05) is 72.8 Å². The van der Waals surface area contributed by atoms with Crippen molar-refractivity contribution in [1.29, 1.82) is 0 Å². The molecule has 33 heavy (non-hydrogen) atoms. The number of benzene rings is 4. The number of ketones is 1. The number of nitrogens with one attached hydrogen (secondary N) is 2. The average Bonchev–Trinajstić information content (AvgIpc) is 3.28. The number of imidazole rings is 1. The lowest BCUT2D eigenvalue weighted by molar-refractivity contribution is -0.115. The zero-order chi connectivity index (χ0) is 22.6. The van der Waals surface area contributed by atoms with Crippen molar-refractivity contribution in [2.24, 2.45) is 0 Å². The third-order valence-electron chi connectivity index (χ3n) is 5.41. The molecular formula is C28H21N3O2. The number of anilines is 1. The summed E-state index contributed by atoms with van der Waals surface area (Å²) in [5.74, 6) is 0.567. The molecule has 1 amide bonds. The van der Waals surface area contributed by atoms with E-state index in [1.54, 1.807) is 6.07 Å². The van der Waals surface area contributed by atoms with Gasteiger partial charge in [-0.3, -0.25) is 9.59 Å². The molecule has 0 saturated carbocycles. The van der Waals surface area contributed by atoms with Crippen LogP contribution in [0, 0.1) is 0 Å². The van der Waals surface area contributed by atoms with Crippen LogP contribution in [0.2, 0.25) is 0 Å². The Morgan fingerprint density at radius 3 is 2.30 bits per heavy atom. The van der Waals surface area contributed by atoms with E-state index < -0.39 is 0 Å². The van der Waals surface area contributed by atoms with Crippen molar-refractivity contribution in [3.63, 3.8) is 0 Å². The summed E-state index contributed by atoms with van der Waals surface area (Å²) in [6, 6.07) is 31.9. The summed E-state index contributed by atoms with van der Waals surface area (Å²) in [6.07, 6.45) is 0.313. The van der Waals surface area contributed by atoms with Crippen LogP contribution in [0.3, 0.4) is 0 Å². The van der Waals surface area contributed by atoms with E-state index in [9.17, 15) is 9.59 Å². The molecule has 0 fully saturated rings. The van der Waals surface area contributed by atoms with Gasteiger partial charge in [-0.15, -0.1) is 0 Å². The lowest BCUT2D eigenvalue weighted by atomic mass is 10.0. The fourth-order valence-electron chi connectivity index (χ4n) is 3.77. The Morgan fingerprint density at radius 2 is 1.52 bits per heavy atom. The van der Waals surface area contributed by atoms with Gasteiger partial charge in [0.05, 0.1) is 17.5 Å². The minimum absolute atomic E-state index is 0.0308. The first-order valence-corrected chi connectivity index (χ1v) is 10.7. The van der Waals surface area contributed by atoms with Gasteiger partial charge in [0, 0.05) is 22.4 Å². The summed E-state index contributed by atoms with van der Waals surface area (Å²) in [4.78, 5) is 33.2. The molecule has 5 rings (SSSR count). The van der Waals surface area contributed by atoms with Crippen molar-refractivity contribution in [2.45, 2.75) is 6.42 Å². The first-order valence-electron chi connectivity index (χ1n) is 10.7. The summed E-state index contributed by atoms with van der Waals surface area (Å²) in [7, 11) is 0. The average molecular weight is 431 g/mol. The minimum atomic E-state index is -0.0768.